The largest absolute Gasteiger partial charge is 0.325 e. The number of carbonyl (C=O) groups excluding carboxylic acids is 1. The van der Waals surface area contributed by atoms with E-state index in [2.05, 4.69) is 29.4 Å². The van der Waals surface area contributed by atoms with Crippen molar-refractivity contribution < 1.29 is 4.79 Å². The zero-order valence-electron chi connectivity index (χ0n) is 13.9. The molecule has 0 unspecified atom stereocenters. The Morgan fingerprint density at radius 1 is 1.35 bits per heavy atom. The number of rotatable bonds is 7. The molecule has 0 radical (unpaired) electrons. The molecule has 5 nitrogen and oxygen atoms in total. The minimum absolute atomic E-state index is 0.0401. The van der Waals surface area contributed by atoms with E-state index in [1.165, 1.54) is 11.8 Å². The number of nitrogens with zero attached hydrogens (tertiary/aromatic N) is 3. The van der Waals surface area contributed by atoms with Gasteiger partial charge in [0.1, 0.15) is 5.82 Å². The van der Waals surface area contributed by atoms with Crippen molar-refractivity contribution in [1.82, 2.24) is 14.8 Å². The Kier molecular flexibility index (Phi) is 6.53. The molecular weight excluding hydrogens is 328 g/mol. The van der Waals surface area contributed by atoms with E-state index in [0.717, 1.165) is 28.0 Å². The predicted molar refractivity (Wildman–Crippen MR) is 97.1 cm³/mol. The van der Waals surface area contributed by atoms with E-state index in [9.17, 15) is 4.79 Å². The molecule has 7 heteroatoms. The Labute approximate surface area is 145 Å². The van der Waals surface area contributed by atoms with Crippen LogP contribution in [0.5, 0.6) is 0 Å². The second-order valence-electron chi connectivity index (χ2n) is 5.62. The highest BCUT2D eigenvalue weighted by Gasteiger charge is 2.12. The molecule has 124 valence electrons. The third kappa shape index (κ3) is 5.28. The summed E-state index contributed by atoms with van der Waals surface area (Å²) in [7, 11) is 1.94. The molecule has 1 N–H and O–H groups in total. The zero-order valence-corrected chi connectivity index (χ0v) is 15.5. The summed E-state index contributed by atoms with van der Waals surface area (Å²) in [6.45, 7) is 4.30. The number of hydrogen-bond acceptors (Lipinski definition) is 5. The number of benzene rings is 1. The van der Waals surface area contributed by atoms with Crippen molar-refractivity contribution in [2.75, 3.05) is 17.3 Å². The molecule has 1 aromatic carbocycles. The van der Waals surface area contributed by atoms with Gasteiger partial charge in [-0.2, -0.15) is 0 Å². The summed E-state index contributed by atoms with van der Waals surface area (Å²) in [5.41, 5.74) is 0.820. The highest BCUT2D eigenvalue weighted by Crippen LogP contribution is 2.20. The molecule has 1 aromatic heterocycles. The molecule has 0 saturated heterocycles. The lowest BCUT2D eigenvalue weighted by atomic mass is 10.1. The summed E-state index contributed by atoms with van der Waals surface area (Å²) in [6.07, 6.45) is 2.90. The first-order chi connectivity index (χ1) is 11.0. The highest BCUT2D eigenvalue weighted by molar-refractivity contribution is 7.99. The van der Waals surface area contributed by atoms with Gasteiger partial charge in [-0.15, -0.1) is 22.0 Å². The summed E-state index contributed by atoms with van der Waals surface area (Å²) in [6, 6.07) is 7.82. The fourth-order valence-corrected chi connectivity index (χ4v) is 3.23. The van der Waals surface area contributed by atoms with Crippen LogP contribution in [0.4, 0.5) is 5.69 Å². The molecule has 0 atom stereocenters. The maximum absolute atomic E-state index is 12.1. The summed E-state index contributed by atoms with van der Waals surface area (Å²) < 4.78 is 1.96. The fourth-order valence-electron chi connectivity index (χ4n) is 2.04. The van der Waals surface area contributed by atoms with Crippen LogP contribution in [0.1, 0.15) is 19.7 Å². The smallest absolute Gasteiger partial charge is 0.234 e. The quantitative estimate of drug-likeness (QED) is 0.775. The van der Waals surface area contributed by atoms with Crippen molar-refractivity contribution in [3.05, 3.63) is 30.1 Å². The average Bonchev–Trinajstić information content (AvgIpc) is 2.85. The van der Waals surface area contributed by atoms with Crippen molar-refractivity contribution in [3.8, 4) is 0 Å². The van der Waals surface area contributed by atoms with Crippen molar-refractivity contribution in [1.29, 1.82) is 0 Å². The van der Waals surface area contributed by atoms with E-state index < -0.39 is 0 Å². The number of anilines is 1. The Balaban J connectivity index is 1.90. The monoisotopic (exact) mass is 350 g/mol. The Bertz CT molecular complexity index is 670. The summed E-state index contributed by atoms with van der Waals surface area (Å²) in [4.78, 5) is 13.2. The summed E-state index contributed by atoms with van der Waals surface area (Å²) in [5, 5.41) is 12.1. The van der Waals surface area contributed by atoms with Crippen LogP contribution in [-0.2, 0) is 18.3 Å². The number of carbonyl (C=O) groups is 1. The van der Waals surface area contributed by atoms with Gasteiger partial charge in [-0.3, -0.25) is 4.79 Å². The van der Waals surface area contributed by atoms with Gasteiger partial charge in [0.2, 0.25) is 5.91 Å². The Hall–Kier alpha value is -1.47. The Morgan fingerprint density at radius 3 is 2.83 bits per heavy atom. The van der Waals surface area contributed by atoms with Crippen LogP contribution in [0.25, 0.3) is 0 Å². The molecule has 0 spiro atoms. The standard InChI is InChI=1S/C16H22N4OS2/c1-11(2)8-14-18-19-16(20(14)3)23-10-15(21)17-12-6-5-7-13(9-12)22-4/h5-7,9,11H,8,10H2,1-4H3,(H,17,21). The van der Waals surface area contributed by atoms with E-state index >= 15 is 0 Å². The first-order valence-corrected chi connectivity index (χ1v) is 9.65. The van der Waals surface area contributed by atoms with Gasteiger partial charge in [-0.05, 0) is 30.4 Å². The van der Waals surface area contributed by atoms with E-state index in [1.807, 2.05) is 42.1 Å². The van der Waals surface area contributed by atoms with Crippen LogP contribution in [0.3, 0.4) is 0 Å². The molecule has 0 bridgehead atoms. The van der Waals surface area contributed by atoms with Gasteiger partial charge in [0.25, 0.3) is 0 Å². The van der Waals surface area contributed by atoms with Crippen LogP contribution in [-0.4, -0.2) is 32.7 Å². The predicted octanol–water partition coefficient (Wildman–Crippen LogP) is 3.47. The number of nitrogens with one attached hydrogen (secondary N) is 1. The zero-order chi connectivity index (χ0) is 16.8. The maximum atomic E-state index is 12.1. The van der Waals surface area contributed by atoms with Crippen LogP contribution in [0, 0.1) is 5.92 Å². The van der Waals surface area contributed by atoms with E-state index in [4.69, 9.17) is 0 Å². The van der Waals surface area contributed by atoms with Gasteiger partial charge in [0, 0.05) is 24.1 Å². The molecule has 0 aliphatic heterocycles. The van der Waals surface area contributed by atoms with Crippen LogP contribution >= 0.6 is 23.5 Å². The number of amides is 1. The van der Waals surface area contributed by atoms with E-state index in [1.54, 1.807) is 11.8 Å². The van der Waals surface area contributed by atoms with Gasteiger partial charge in [-0.1, -0.05) is 31.7 Å². The van der Waals surface area contributed by atoms with Crippen molar-refractivity contribution in [2.45, 2.75) is 30.3 Å². The third-order valence-electron chi connectivity index (χ3n) is 3.20. The topological polar surface area (TPSA) is 59.8 Å². The second kappa shape index (κ2) is 8.40. The van der Waals surface area contributed by atoms with E-state index in [-0.39, 0.29) is 5.91 Å². The normalized spacial score (nSPS) is 11.0. The molecule has 1 heterocycles. The first kappa shape index (κ1) is 17.9. The van der Waals surface area contributed by atoms with E-state index in [0.29, 0.717) is 11.7 Å². The lowest BCUT2D eigenvalue weighted by molar-refractivity contribution is -0.113. The lowest BCUT2D eigenvalue weighted by Gasteiger charge is -2.07. The van der Waals surface area contributed by atoms with Gasteiger partial charge in [0.15, 0.2) is 5.16 Å². The van der Waals surface area contributed by atoms with Crippen LogP contribution in [0.2, 0.25) is 0 Å². The molecule has 2 rings (SSSR count). The molecular formula is C16H22N4OS2. The highest BCUT2D eigenvalue weighted by atomic mass is 32.2. The molecule has 0 fully saturated rings. The van der Waals surface area contributed by atoms with Crippen molar-refractivity contribution >= 4 is 35.1 Å². The lowest BCUT2D eigenvalue weighted by Crippen LogP contribution is -2.14. The molecule has 1 amide bonds. The molecule has 23 heavy (non-hydrogen) atoms. The number of hydrogen-bond donors (Lipinski definition) is 1. The minimum Gasteiger partial charge on any atom is -0.325 e. The van der Waals surface area contributed by atoms with Crippen LogP contribution < -0.4 is 5.32 Å². The minimum atomic E-state index is -0.0401. The third-order valence-corrected chi connectivity index (χ3v) is 4.95. The average molecular weight is 351 g/mol. The van der Waals surface area contributed by atoms with Crippen molar-refractivity contribution in [2.24, 2.45) is 13.0 Å². The SMILES string of the molecule is CSc1cccc(NC(=O)CSc2nnc(CC(C)C)n2C)c1. The van der Waals surface area contributed by atoms with Crippen LogP contribution in [0.15, 0.2) is 34.3 Å². The molecule has 2 aromatic rings. The maximum Gasteiger partial charge on any atom is 0.234 e. The number of thioether (sulfide) groups is 2. The molecule has 0 saturated carbocycles. The van der Waals surface area contributed by atoms with Gasteiger partial charge < -0.3 is 9.88 Å². The second-order valence-corrected chi connectivity index (χ2v) is 7.45. The van der Waals surface area contributed by atoms with Gasteiger partial charge in [-0.25, -0.2) is 0 Å². The number of aromatic nitrogens is 3. The fraction of sp³-hybridized carbons (Fsp3) is 0.438. The molecule has 0 aliphatic rings. The van der Waals surface area contributed by atoms with Gasteiger partial charge >= 0.3 is 0 Å². The molecule has 0 aliphatic carbocycles. The first-order valence-electron chi connectivity index (χ1n) is 7.44. The Morgan fingerprint density at radius 2 is 2.13 bits per heavy atom. The van der Waals surface area contributed by atoms with Crippen molar-refractivity contribution in [3.63, 3.8) is 0 Å². The summed E-state index contributed by atoms with van der Waals surface area (Å²) in [5.74, 6) is 1.76. The van der Waals surface area contributed by atoms with Gasteiger partial charge in [0.05, 0.1) is 5.75 Å². The summed E-state index contributed by atoms with van der Waals surface area (Å²) >= 11 is 3.06.